The van der Waals surface area contributed by atoms with Crippen molar-refractivity contribution in [2.75, 3.05) is 52.7 Å². The standard InChI is InChI=1S/C29H34N6O3/c1-37-24-15-21(16-25(17-24)38-2)8-9-22-18-35(29-27(22)28(30)31-20-32-29)23-10-14-34(19-23)26(36)7-6-13-33-11-4-3-5-12-33/h6-7,15-18,20,23H,3-5,10-14,19H2,1-2H3,(H2,30,31,32)/t23-/m0/s1. The van der Waals surface area contributed by atoms with Gasteiger partial charge in [0.1, 0.15) is 29.3 Å². The van der Waals surface area contributed by atoms with Crippen molar-refractivity contribution in [2.45, 2.75) is 31.7 Å². The lowest BCUT2D eigenvalue weighted by Gasteiger charge is -2.24. The second-order valence-electron chi connectivity index (χ2n) is 9.75. The topological polar surface area (TPSA) is 98.7 Å². The minimum absolute atomic E-state index is 0.0575. The summed E-state index contributed by atoms with van der Waals surface area (Å²) in [6.07, 6.45) is 11.8. The van der Waals surface area contributed by atoms with Gasteiger partial charge in [-0.2, -0.15) is 0 Å². The number of benzene rings is 1. The first-order valence-electron chi connectivity index (χ1n) is 13.1. The van der Waals surface area contributed by atoms with Crippen molar-refractivity contribution in [2.24, 2.45) is 0 Å². The van der Waals surface area contributed by atoms with Crippen molar-refractivity contribution in [1.29, 1.82) is 0 Å². The van der Waals surface area contributed by atoms with E-state index >= 15 is 0 Å². The molecule has 198 valence electrons. The van der Waals surface area contributed by atoms with Gasteiger partial charge in [-0.1, -0.05) is 24.3 Å². The maximum absolute atomic E-state index is 12.9. The molecule has 38 heavy (non-hydrogen) atoms. The van der Waals surface area contributed by atoms with Crippen LogP contribution in [0.15, 0.2) is 42.9 Å². The van der Waals surface area contributed by atoms with E-state index in [0.29, 0.717) is 30.4 Å². The largest absolute Gasteiger partial charge is 0.497 e. The van der Waals surface area contributed by atoms with Gasteiger partial charge in [0.2, 0.25) is 5.91 Å². The van der Waals surface area contributed by atoms with Crippen LogP contribution in [-0.2, 0) is 4.79 Å². The van der Waals surface area contributed by atoms with Crippen LogP contribution in [0.5, 0.6) is 11.5 Å². The number of amides is 1. The third-order valence-corrected chi connectivity index (χ3v) is 7.27. The van der Waals surface area contributed by atoms with E-state index in [1.165, 1.54) is 25.6 Å². The second kappa shape index (κ2) is 11.6. The molecule has 1 amide bonds. The van der Waals surface area contributed by atoms with Crippen LogP contribution in [0.25, 0.3) is 11.0 Å². The maximum atomic E-state index is 12.9. The smallest absolute Gasteiger partial charge is 0.246 e. The van der Waals surface area contributed by atoms with Gasteiger partial charge >= 0.3 is 0 Å². The van der Waals surface area contributed by atoms with E-state index in [2.05, 4.69) is 31.3 Å². The third kappa shape index (κ3) is 5.60. The summed E-state index contributed by atoms with van der Waals surface area (Å²) in [6, 6.07) is 5.60. The molecule has 3 aromatic rings. The number of hydrogen-bond donors (Lipinski definition) is 1. The number of nitrogen functional groups attached to an aromatic ring is 1. The van der Waals surface area contributed by atoms with E-state index in [9.17, 15) is 4.79 Å². The first-order valence-corrected chi connectivity index (χ1v) is 13.1. The predicted octanol–water partition coefficient (Wildman–Crippen LogP) is 3.25. The Labute approximate surface area is 223 Å². The van der Waals surface area contributed by atoms with Gasteiger partial charge in [-0.25, -0.2) is 9.97 Å². The summed E-state index contributed by atoms with van der Waals surface area (Å²) in [5.74, 6) is 8.22. The SMILES string of the molecule is COc1cc(C#Cc2cn([C@H]3CCN(C(=O)C=CCN4CCCCC4)C3)c3ncnc(N)c23)cc(OC)c1. The fourth-order valence-electron chi connectivity index (χ4n) is 5.22. The maximum Gasteiger partial charge on any atom is 0.246 e. The minimum atomic E-state index is 0.0575. The number of anilines is 1. The summed E-state index contributed by atoms with van der Waals surface area (Å²) in [6.45, 7) is 4.38. The fraction of sp³-hybridized carbons (Fsp3) is 0.414. The highest BCUT2D eigenvalue weighted by Crippen LogP contribution is 2.31. The zero-order valence-electron chi connectivity index (χ0n) is 22.0. The molecule has 1 aromatic carbocycles. The van der Waals surface area contributed by atoms with Crippen LogP contribution in [0.4, 0.5) is 5.82 Å². The molecule has 0 saturated carbocycles. The van der Waals surface area contributed by atoms with Gasteiger partial charge in [0.15, 0.2) is 0 Å². The normalized spacial score (nSPS) is 18.1. The van der Waals surface area contributed by atoms with E-state index in [1.807, 2.05) is 29.3 Å². The molecule has 0 aliphatic carbocycles. The Balaban J connectivity index is 1.35. The molecule has 2 N–H and O–H groups in total. The zero-order chi connectivity index (χ0) is 26.5. The van der Waals surface area contributed by atoms with E-state index in [1.54, 1.807) is 26.4 Å². The quantitative estimate of drug-likeness (QED) is 0.398. The summed E-state index contributed by atoms with van der Waals surface area (Å²) in [5.41, 5.74) is 8.50. The van der Waals surface area contributed by atoms with Crippen LogP contribution < -0.4 is 15.2 Å². The van der Waals surface area contributed by atoms with Gasteiger partial charge in [-0.05, 0) is 44.5 Å². The molecule has 2 aromatic heterocycles. The lowest BCUT2D eigenvalue weighted by Crippen LogP contribution is -2.30. The molecule has 2 aliphatic rings. The Hall–Kier alpha value is -4.03. The van der Waals surface area contributed by atoms with E-state index < -0.39 is 0 Å². The number of methoxy groups -OCH3 is 2. The van der Waals surface area contributed by atoms with Gasteiger partial charge in [0.05, 0.1) is 31.2 Å². The number of fused-ring (bicyclic) bond motifs is 1. The Morgan fingerprint density at radius 1 is 1.08 bits per heavy atom. The zero-order valence-corrected chi connectivity index (χ0v) is 22.0. The summed E-state index contributed by atoms with van der Waals surface area (Å²) >= 11 is 0. The molecule has 0 spiro atoms. The van der Waals surface area contributed by atoms with Gasteiger partial charge in [-0.15, -0.1) is 0 Å². The highest BCUT2D eigenvalue weighted by molar-refractivity contribution is 5.92. The average Bonchev–Trinajstić information content (AvgIpc) is 3.58. The molecule has 2 aliphatic heterocycles. The van der Waals surface area contributed by atoms with E-state index in [4.69, 9.17) is 15.2 Å². The second-order valence-corrected chi connectivity index (χ2v) is 9.75. The van der Waals surface area contributed by atoms with E-state index in [0.717, 1.165) is 48.2 Å². The van der Waals surface area contributed by atoms with Gasteiger partial charge in [0, 0.05) is 43.5 Å². The van der Waals surface area contributed by atoms with Crippen molar-refractivity contribution < 1.29 is 14.3 Å². The summed E-state index contributed by atoms with van der Waals surface area (Å²) in [7, 11) is 3.22. The predicted molar refractivity (Wildman–Crippen MR) is 147 cm³/mol. The summed E-state index contributed by atoms with van der Waals surface area (Å²) in [4.78, 5) is 25.9. The third-order valence-electron chi connectivity index (χ3n) is 7.27. The van der Waals surface area contributed by atoms with E-state index in [-0.39, 0.29) is 11.9 Å². The van der Waals surface area contributed by atoms with Gasteiger partial charge in [-0.3, -0.25) is 9.69 Å². The number of nitrogens with two attached hydrogens (primary N) is 1. The number of piperidine rings is 1. The molecule has 4 heterocycles. The van der Waals surface area contributed by atoms with Crippen LogP contribution in [0.2, 0.25) is 0 Å². The van der Waals surface area contributed by atoms with Crippen molar-refractivity contribution in [3.8, 4) is 23.3 Å². The molecule has 0 bridgehead atoms. The van der Waals surface area contributed by atoms with Gasteiger partial charge in [0.25, 0.3) is 0 Å². The highest BCUT2D eigenvalue weighted by atomic mass is 16.5. The number of rotatable bonds is 6. The molecular formula is C29H34N6O3. The number of hydrogen-bond acceptors (Lipinski definition) is 7. The van der Waals surface area contributed by atoms with Crippen molar-refractivity contribution in [1.82, 2.24) is 24.3 Å². The number of carbonyl (C=O) groups is 1. The Morgan fingerprint density at radius 3 is 2.58 bits per heavy atom. The van der Waals surface area contributed by atoms with Crippen LogP contribution in [0.1, 0.15) is 42.9 Å². The highest BCUT2D eigenvalue weighted by Gasteiger charge is 2.28. The molecule has 0 radical (unpaired) electrons. The average molecular weight is 515 g/mol. The molecule has 9 nitrogen and oxygen atoms in total. The number of ether oxygens (including phenoxy) is 2. The fourth-order valence-corrected chi connectivity index (χ4v) is 5.22. The number of nitrogens with zero attached hydrogens (tertiary/aromatic N) is 5. The number of aromatic nitrogens is 3. The molecule has 9 heteroatoms. The Kier molecular flexibility index (Phi) is 7.80. The van der Waals surface area contributed by atoms with Crippen LogP contribution in [-0.4, -0.2) is 77.2 Å². The van der Waals surface area contributed by atoms with Crippen molar-refractivity contribution in [3.63, 3.8) is 0 Å². The number of carbonyl (C=O) groups excluding carboxylic acids is 1. The molecular weight excluding hydrogens is 480 g/mol. The van der Waals surface area contributed by atoms with Crippen molar-refractivity contribution >= 4 is 22.8 Å². The van der Waals surface area contributed by atoms with Crippen LogP contribution in [0.3, 0.4) is 0 Å². The van der Waals surface area contributed by atoms with Crippen molar-refractivity contribution in [3.05, 3.63) is 54.0 Å². The summed E-state index contributed by atoms with van der Waals surface area (Å²) in [5, 5.41) is 0.723. The van der Waals surface area contributed by atoms with Crippen LogP contribution in [0, 0.1) is 11.8 Å². The van der Waals surface area contributed by atoms with Crippen LogP contribution >= 0.6 is 0 Å². The molecule has 2 saturated heterocycles. The molecule has 0 unspecified atom stereocenters. The first-order chi connectivity index (χ1) is 18.6. The lowest BCUT2D eigenvalue weighted by molar-refractivity contribution is -0.125. The molecule has 5 rings (SSSR count). The molecule has 1 atom stereocenters. The number of likely N-dealkylation sites (tertiary alicyclic amines) is 2. The Bertz CT molecular complexity index is 1370. The molecule has 2 fully saturated rings. The first kappa shape index (κ1) is 25.6. The monoisotopic (exact) mass is 514 g/mol. The van der Waals surface area contributed by atoms with Gasteiger partial charge < -0.3 is 24.7 Å². The minimum Gasteiger partial charge on any atom is -0.497 e. The Morgan fingerprint density at radius 2 is 1.84 bits per heavy atom. The summed E-state index contributed by atoms with van der Waals surface area (Å²) < 4.78 is 12.8. The lowest BCUT2D eigenvalue weighted by atomic mass is 10.1.